The van der Waals surface area contributed by atoms with Gasteiger partial charge in [-0.15, -0.1) is 12.4 Å². The van der Waals surface area contributed by atoms with Gasteiger partial charge in [0.15, 0.2) is 17.3 Å². The van der Waals surface area contributed by atoms with Gasteiger partial charge in [-0.05, 0) is 20.8 Å². The van der Waals surface area contributed by atoms with Gasteiger partial charge in [-0.3, -0.25) is 14.4 Å². The number of halogens is 1. The summed E-state index contributed by atoms with van der Waals surface area (Å²) < 4.78 is 0. The third-order valence-corrected chi connectivity index (χ3v) is 1.41. The molecule has 0 radical (unpaired) electrons. The molecule has 0 amide bonds. The molecule has 0 saturated heterocycles. The van der Waals surface area contributed by atoms with Crippen molar-refractivity contribution >= 4 is 29.8 Å². The maximum absolute atomic E-state index is 9.89. The predicted octanol–water partition coefficient (Wildman–Crippen LogP) is -3.12. The van der Waals surface area contributed by atoms with Crippen LogP contribution >= 0.6 is 12.4 Å². The standard InChI is InChI=1S/3C3H8N2O.ClH/c3*1-2(6)3(4)5;/h3*3H,4-5H2,1H3;1H. The minimum Gasteiger partial charge on any atom is -0.310 e. The number of carbonyl (C=O) groups excluding carboxylic acids is 3. The van der Waals surface area contributed by atoms with Gasteiger partial charge in [-0.2, -0.15) is 0 Å². The zero-order valence-electron chi connectivity index (χ0n) is 11.3. The number of hydrogen-bond acceptors (Lipinski definition) is 9. The summed E-state index contributed by atoms with van der Waals surface area (Å²) in [4.78, 5) is 29.7. The molecule has 0 aliphatic rings. The van der Waals surface area contributed by atoms with Gasteiger partial charge in [0.2, 0.25) is 0 Å². The molecular formula is C9H25ClN6O3. The number of rotatable bonds is 3. The van der Waals surface area contributed by atoms with Crippen molar-refractivity contribution in [3.8, 4) is 0 Å². The molecule has 0 aliphatic heterocycles. The molecule has 116 valence electrons. The first-order valence-corrected chi connectivity index (χ1v) is 4.98. The molecular weight excluding hydrogens is 276 g/mol. The van der Waals surface area contributed by atoms with Crippen molar-refractivity contribution in [3.05, 3.63) is 0 Å². The normalized spacial score (nSPS) is 8.84. The Kier molecular flexibility index (Phi) is 21.2. The van der Waals surface area contributed by atoms with Gasteiger partial charge in [0, 0.05) is 0 Å². The number of hydrogen-bond donors (Lipinski definition) is 6. The van der Waals surface area contributed by atoms with E-state index in [4.69, 9.17) is 34.4 Å². The molecule has 0 rings (SSSR count). The van der Waals surface area contributed by atoms with Gasteiger partial charge in [0.1, 0.15) is 18.5 Å². The predicted molar refractivity (Wildman–Crippen MR) is 75.8 cm³/mol. The van der Waals surface area contributed by atoms with Gasteiger partial charge in [0.25, 0.3) is 0 Å². The fraction of sp³-hybridized carbons (Fsp3) is 0.667. The molecule has 0 aromatic rings. The van der Waals surface area contributed by atoms with Gasteiger partial charge < -0.3 is 34.4 Å². The largest absolute Gasteiger partial charge is 0.310 e. The second-order valence-corrected chi connectivity index (χ2v) is 3.41. The summed E-state index contributed by atoms with van der Waals surface area (Å²) in [5.74, 6) is -0.556. The average molecular weight is 301 g/mol. The second-order valence-electron chi connectivity index (χ2n) is 3.41. The van der Waals surface area contributed by atoms with Crippen LogP contribution in [0.2, 0.25) is 0 Å². The molecule has 0 fully saturated rings. The molecule has 0 unspecified atom stereocenters. The highest BCUT2D eigenvalue weighted by atomic mass is 35.5. The first-order chi connectivity index (χ1) is 7.93. The van der Waals surface area contributed by atoms with E-state index in [1.165, 1.54) is 20.8 Å². The van der Waals surface area contributed by atoms with Crippen LogP contribution in [0.3, 0.4) is 0 Å². The molecule has 12 N–H and O–H groups in total. The lowest BCUT2D eigenvalue weighted by Crippen LogP contribution is -2.37. The second kappa shape index (κ2) is 15.1. The first-order valence-electron chi connectivity index (χ1n) is 4.98. The summed E-state index contributed by atoms with van der Waals surface area (Å²) in [5.41, 5.74) is 29.2. The molecule has 0 bridgehead atoms. The fourth-order valence-electron chi connectivity index (χ4n) is 0. The van der Waals surface area contributed by atoms with Crippen molar-refractivity contribution in [2.45, 2.75) is 39.3 Å². The highest BCUT2D eigenvalue weighted by Gasteiger charge is 1.96. The van der Waals surface area contributed by atoms with Crippen LogP contribution in [0.1, 0.15) is 20.8 Å². The van der Waals surface area contributed by atoms with E-state index in [1.807, 2.05) is 0 Å². The first kappa shape index (κ1) is 26.6. The Morgan fingerprint density at radius 2 is 0.632 bits per heavy atom. The van der Waals surface area contributed by atoms with E-state index in [1.54, 1.807) is 0 Å². The average Bonchev–Trinajstić information content (AvgIpc) is 2.18. The van der Waals surface area contributed by atoms with E-state index in [2.05, 4.69) is 0 Å². The SMILES string of the molecule is CC(=O)C(N)N.CC(=O)C(N)N.CC(=O)C(N)N.Cl. The minimum atomic E-state index is -0.787. The van der Waals surface area contributed by atoms with Crippen LogP contribution in [0.5, 0.6) is 0 Å². The monoisotopic (exact) mass is 300 g/mol. The van der Waals surface area contributed by atoms with Gasteiger partial charge in [-0.25, -0.2) is 0 Å². The Bertz CT molecular complexity index is 228. The zero-order valence-corrected chi connectivity index (χ0v) is 12.1. The zero-order chi connectivity index (χ0) is 15.5. The molecule has 0 heterocycles. The third kappa shape index (κ3) is 31.6. The highest BCUT2D eigenvalue weighted by molar-refractivity contribution is 5.85. The summed E-state index contributed by atoms with van der Waals surface area (Å²) in [6.45, 7) is 4.06. The third-order valence-electron chi connectivity index (χ3n) is 1.41. The van der Waals surface area contributed by atoms with Crippen molar-refractivity contribution in [2.24, 2.45) is 34.4 Å². The Morgan fingerprint density at radius 3 is 0.632 bits per heavy atom. The summed E-state index contributed by atoms with van der Waals surface area (Å²) in [5, 5.41) is 0. The number of nitrogens with two attached hydrogens (primary N) is 6. The molecule has 0 saturated carbocycles. The molecule has 0 spiro atoms. The van der Waals surface area contributed by atoms with E-state index in [-0.39, 0.29) is 29.8 Å². The quantitative estimate of drug-likeness (QED) is 0.291. The molecule has 10 heteroatoms. The van der Waals surface area contributed by atoms with E-state index < -0.39 is 18.5 Å². The van der Waals surface area contributed by atoms with Crippen LogP contribution < -0.4 is 34.4 Å². The fourth-order valence-corrected chi connectivity index (χ4v) is 0. The molecule has 0 aliphatic carbocycles. The molecule has 0 aromatic heterocycles. The lowest BCUT2D eigenvalue weighted by atomic mass is 10.4. The summed E-state index contributed by atoms with van der Waals surface area (Å²) in [6.07, 6.45) is -2.36. The highest BCUT2D eigenvalue weighted by Crippen LogP contribution is 1.63. The smallest absolute Gasteiger partial charge is 0.160 e. The number of Topliss-reactive ketones (excluding diaryl/α,β-unsaturated/α-hetero) is 3. The lowest BCUT2D eigenvalue weighted by molar-refractivity contribution is -0.118. The minimum absolute atomic E-state index is 0. The lowest BCUT2D eigenvalue weighted by Gasteiger charge is -1.92. The van der Waals surface area contributed by atoms with Crippen molar-refractivity contribution in [1.29, 1.82) is 0 Å². The van der Waals surface area contributed by atoms with Crippen molar-refractivity contribution < 1.29 is 14.4 Å². The van der Waals surface area contributed by atoms with Crippen LogP contribution in [-0.2, 0) is 14.4 Å². The van der Waals surface area contributed by atoms with Crippen LogP contribution in [0.25, 0.3) is 0 Å². The molecule has 19 heavy (non-hydrogen) atoms. The van der Waals surface area contributed by atoms with Crippen LogP contribution in [-0.4, -0.2) is 35.8 Å². The topological polar surface area (TPSA) is 207 Å². The van der Waals surface area contributed by atoms with Crippen LogP contribution in [0.15, 0.2) is 0 Å². The molecule has 0 atom stereocenters. The maximum atomic E-state index is 9.89. The summed E-state index contributed by atoms with van der Waals surface area (Å²) >= 11 is 0. The summed E-state index contributed by atoms with van der Waals surface area (Å²) in [6, 6.07) is 0. The van der Waals surface area contributed by atoms with Crippen molar-refractivity contribution in [3.63, 3.8) is 0 Å². The van der Waals surface area contributed by atoms with Crippen molar-refractivity contribution in [1.82, 2.24) is 0 Å². The summed E-state index contributed by atoms with van der Waals surface area (Å²) in [7, 11) is 0. The Morgan fingerprint density at radius 1 is 0.579 bits per heavy atom. The molecule has 0 aromatic carbocycles. The Labute approximate surface area is 118 Å². The van der Waals surface area contributed by atoms with Crippen LogP contribution in [0.4, 0.5) is 0 Å². The van der Waals surface area contributed by atoms with E-state index in [0.717, 1.165) is 0 Å². The Balaban J connectivity index is -0.0000000865. The van der Waals surface area contributed by atoms with Gasteiger partial charge in [-0.1, -0.05) is 0 Å². The maximum Gasteiger partial charge on any atom is 0.160 e. The van der Waals surface area contributed by atoms with Crippen LogP contribution in [0, 0.1) is 0 Å². The molecule has 9 nitrogen and oxygen atoms in total. The number of ketones is 3. The van der Waals surface area contributed by atoms with E-state index in [0.29, 0.717) is 0 Å². The van der Waals surface area contributed by atoms with Gasteiger partial charge >= 0.3 is 0 Å². The van der Waals surface area contributed by atoms with E-state index in [9.17, 15) is 14.4 Å². The van der Waals surface area contributed by atoms with Gasteiger partial charge in [0.05, 0.1) is 0 Å². The van der Waals surface area contributed by atoms with E-state index >= 15 is 0 Å². The Hall–Kier alpha value is -0.940. The number of carbonyl (C=O) groups is 3. The van der Waals surface area contributed by atoms with Crippen molar-refractivity contribution in [2.75, 3.05) is 0 Å².